The number of aliphatic carboxylic acids is 3. The first-order valence-electron chi connectivity index (χ1n) is 31.4. The molecule has 0 bridgehead atoms. The van der Waals surface area contributed by atoms with Gasteiger partial charge < -0.3 is 133 Å². The summed E-state index contributed by atoms with van der Waals surface area (Å²) in [6.07, 6.45) is -0.650. The summed E-state index contributed by atoms with van der Waals surface area (Å²) in [6.45, 7) is 1.22. The van der Waals surface area contributed by atoms with Crippen LogP contribution >= 0.6 is 11.8 Å². The van der Waals surface area contributed by atoms with Gasteiger partial charge in [0.05, 0.1) is 64.1 Å². The number of nitrogens with two attached hydrogens (primary N) is 4. The summed E-state index contributed by atoms with van der Waals surface area (Å²) in [6, 6.07) is -21.5. The highest BCUT2D eigenvalue weighted by Crippen LogP contribution is 2.12. The molecule has 0 radical (unpaired) electrons. The van der Waals surface area contributed by atoms with Crippen LogP contribution < -0.4 is 92.1 Å². The lowest BCUT2D eigenvalue weighted by atomic mass is 9.97. The molecule has 102 heavy (non-hydrogen) atoms. The van der Waals surface area contributed by atoms with E-state index < -0.39 is 243 Å². The van der Waals surface area contributed by atoms with E-state index in [9.17, 15) is 112 Å². The molecule has 0 unspecified atom stereocenters. The van der Waals surface area contributed by atoms with Crippen molar-refractivity contribution >= 4 is 118 Å². The van der Waals surface area contributed by atoms with Crippen LogP contribution in [-0.2, 0) is 87.9 Å². The molecule has 572 valence electrons. The number of nitrogens with one attached hydrogen (secondary N) is 14. The first-order chi connectivity index (χ1) is 47.8. The Labute approximate surface area is 586 Å². The molecule has 44 nitrogen and oxygen atoms in total. The molecular weight excluding hydrogens is 1380 g/mol. The lowest BCUT2D eigenvalue weighted by Gasteiger charge is -2.28. The van der Waals surface area contributed by atoms with Gasteiger partial charge in [0, 0.05) is 24.9 Å². The molecule has 1 heterocycles. The quantitative estimate of drug-likeness (QED) is 0.0164. The van der Waals surface area contributed by atoms with Gasteiger partial charge >= 0.3 is 17.9 Å². The zero-order chi connectivity index (χ0) is 77.7. The van der Waals surface area contributed by atoms with Gasteiger partial charge in [-0.25, -0.2) is 4.98 Å². The summed E-state index contributed by atoms with van der Waals surface area (Å²) in [5.41, 5.74) is 22.5. The molecule has 0 fully saturated rings. The highest BCUT2D eigenvalue weighted by Gasteiger charge is 2.39. The van der Waals surface area contributed by atoms with Crippen LogP contribution in [0.1, 0.15) is 85.3 Å². The average molecular weight is 1480 g/mol. The molecule has 1 aromatic rings. The molecule has 0 aromatic carbocycles. The number of rotatable bonds is 49. The maximum Gasteiger partial charge on any atom is 0.322 e. The van der Waals surface area contributed by atoms with E-state index in [2.05, 4.69) is 57.5 Å². The number of carboxylic acid groups (broad SMARTS) is 3. The Morgan fingerprint density at radius 3 is 1.39 bits per heavy atom. The summed E-state index contributed by atoms with van der Waals surface area (Å²) in [4.78, 5) is 233. The third kappa shape index (κ3) is 33.2. The fourth-order valence-electron chi connectivity index (χ4n) is 8.84. The Morgan fingerprint density at radius 2 is 0.941 bits per heavy atom. The molecule has 0 aliphatic heterocycles. The number of hydrogen-bond acceptors (Lipinski definition) is 25. The zero-order valence-corrected chi connectivity index (χ0v) is 57.4. The van der Waals surface area contributed by atoms with E-state index in [0.29, 0.717) is 11.4 Å². The molecule has 14 amide bonds. The van der Waals surface area contributed by atoms with Crippen LogP contribution in [0.2, 0.25) is 0 Å². The maximum atomic E-state index is 13.9. The van der Waals surface area contributed by atoms with Crippen molar-refractivity contribution in [1.29, 1.82) is 0 Å². The molecule has 0 aliphatic carbocycles. The number of thioether (sulfide) groups is 1. The first kappa shape index (κ1) is 89.6. The van der Waals surface area contributed by atoms with Gasteiger partial charge in [-0.3, -0.25) is 86.5 Å². The van der Waals surface area contributed by atoms with E-state index in [4.69, 9.17) is 28.0 Å². The third-order valence-corrected chi connectivity index (χ3v) is 15.3. The summed E-state index contributed by atoms with van der Waals surface area (Å²) < 4.78 is 0. The molecule has 45 heteroatoms. The second-order valence-electron chi connectivity index (χ2n) is 23.2. The number of imidazole rings is 1. The zero-order valence-electron chi connectivity index (χ0n) is 56.6. The largest absolute Gasteiger partial charge is 0.481 e. The topological polar surface area (TPSA) is 733 Å². The summed E-state index contributed by atoms with van der Waals surface area (Å²) in [5, 5.41) is 97.4. The fraction of sp³-hybridized carbons (Fsp3) is 0.632. The predicted octanol–water partition coefficient (Wildman–Crippen LogP) is -12.4. The standard InChI is InChI=1S/C57H94N20O24S/c1-7-25(4)43(76-49(94)32(15-39(84)85)67-38(83)18-64-46(91)30(13-27-17-62-23-66-27)69-47(92)29(9-8-11-63-57(60)61)68-45(90)28(58)10-12-102-6)55(100)74-36(22-80)53(98)73-35(21-79)52(97)72-34(20-78)51(96)70-31(14-37(59)82)48(93)71-33(16-40(86)87)50(95)77-44(26(5)81)56(101)75-42(24(2)3)54(99)65-19-41(88)89/h17,23-26,28-36,42-44,78-81H,7-16,18-22,58H2,1-6H3,(H2,59,82)(H,62,66)(H,64,91)(H,65,99)(H,67,83)(H,68,90)(H,69,92)(H,70,96)(H,71,93)(H,72,97)(H,73,98)(H,74,100)(H,75,101)(H,76,94)(H,77,95)(H,84,85)(H,86,87)(H,88,89)(H4,60,61,63)/t25-,26+,28-,29-,30-,31-,32-,33-,34-,35-,36-,42-,43-,44-/m0/s1. The van der Waals surface area contributed by atoms with Crippen molar-refractivity contribution in [2.24, 2.45) is 39.8 Å². The summed E-state index contributed by atoms with van der Waals surface area (Å²) in [7, 11) is 0. The van der Waals surface area contributed by atoms with Gasteiger partial charge in [-0.1, -0.05) is 34.1 Å². The Bertz CT molecular complexity index is 3100. The number of hydrogen-bond donors (Lipinski definition) is 25. The number of aliphatic hydroxyl groups excluding tert-OH is 4. The number of aromatic nitrogens is 2. The molecular formula is C57H94N20O24S. The number of amides is 14. The molecule has 14 atom stereocenters. The third-order valence-electron chi connectivity index (χ3n) is 14.6. The second-order valence-corrected chi connectivity index (χ2v) is 24.2. The van der Waals surface area contributed by atoms with Gasteiger partial charge in [0.2, 0.25) is 82.7 Å². The number of carbonyl (C=O) groups is 17. The van der Waals surface area contributed by atoms with Gasteiger partial charge in [-0.2, -0.15) is 11.8 Å². The number of carbonyl (C=O) groups excluding carboxylic acids is 14. The number of H-pyrrole nitrogens is 1. The molecule has 0 saturated carbocycles. The Hall–Kier alpha value is -10.4. The van der Waals surface area contributed by atoms with Crippen molar-refractivity contribution in [2.75, 3.05) is 51.5 Å². The molecule has 0 aliphatic rings. The van der Waals surface area contributed by atoms with Gasteiger partial charge in [0.25, 0.3) is 0 Å². The fourth-order valence-corrected chi connectivity index (χ4v) is 9.33. The SMILES string of the molecule is CC[C@H](C)[C@H](NC(=O)[C@H](CC(=O)O)NC(=O)CNC(=O)[C@H](Cc1cnc[nH]1)NC(=O)[C@H](CCCN=C(N)N)NC(=O)[C@@H](N)CCSC)C(=O)N[C@@H](CO)C(=O)N[C@@H](CO)C(=O)N[C@@H](CO)C(=O)N[C@@H](CC(N)=O)C(=O)N[C@@H](CC(=O)O)C(=O)N[C@H](C(=O)N[C@H](C(=O)NCC(=O)O)C(C)C)[C@@H](C)O. The minimum absolute atomic E-state index is 0.0326. The lowest BCUT2D eigenvalue weighted by Crippen LogP contribution is -2.63. The van der Waals surface area contributed by atoms with Crippen molar-refractivity contribution in [1.82, 2.24) is 79.1 Å². The summed E-state index contributed by atoms with van der Waals surface area (Å²) >= 11 is 1.43. The number of guanidine groups is 1. The average Bonchev–Trinajstić information content (AvgIpc) is 0.872. The van der Waals surface area contributed by atoms with Gasteiger partial charge in [-0.05, 0) is 50.0 Å². The number of aromatic amines is 1. The van der Waals surface area contributed by atoms with Crippen molar-refractivity contribution < 1.29 is 117 Å². The van der Waals surface area contributed by atoms with Crippen LogP contribution in [0, 0.1) is 11.8 Å². The van der Waals surface area contributed by atoms with Gasteiger partial charge in [0.1, 0.15) is 73.0 Å². The number of aliphatic hydroxyl groups is 4. The highest BCUT2D eigenvalue weighted by atomic mass is 32.2. The molecule has 29 N–H and O–H groups in total. The van der Waals surface area contributed by atoms with E-state index in [1.165, 1.54) is 45.1 Å². The van der Waals surface area contributed by atoms with Crippen LogP contribution in [0.4, 0.5) is 0 Å². The molecule has 0 saturated heterocycles. The number of nitrogens with zero attached hydrogens (tertiary/aromatic N) is 2. The van der Waals surface area contributed by atoms with E-state index in [0.717, 1.165) is 6.92 Å². The number of carboxylic acids is 3. The van der Waals surface area contributed by atoms with Crippen LogP contribution in [0.15, 0.2) is 17.5 Å². The minimum Gasteiger partial charge on any atom is -0.481 e. The van der Waals surface area contributed by atoms with Gasteiger partial charge in [0.15, 0.2) is 5.96 Å². The lowest BCUT2D eigenvalue weighted by molar-refractivity contribution is -0.142. The normalized spacial score (nSPS) is 15.1. The summed E-state index contributed by atoms with van der Waals surface area (Å²) in [5.74, 6) is -23.3. The van der Waals surface area contributed by atoms with E-state index in [1.807, 2.05) is 26.6 Å². The van der Waals surface area contributed by atoms with E-state index in [1.54, 1.807) is 13.2 Å². The van der Waals surface area contributed by atoms with Crippen LogP contribution in [-0.4, -0.2) is 282 Å². The van der Waals surface area contributed by atoms with Crippen LogP contribution in [0.25, 0.3) is 0 Å². The second kappa shape index (κ2) is 46.1. The van der Waals surface area contributed by atoms with Crippen molar-refractivity contribution in [3.8, 4) is 0 Å². The van der Waals surface area contributed by atoms with Crippen molar-refractivity contribution in [2.45, 2.75) is 165 Å². The van der Waals surface area contributed by atoms with Crippen LogP contribution in [0.5, 0.6) is 0 Å². The number of primary amides is 1. The number of aliphatic imine (C=N–C) groups is 1. The Kier molecular flexibility index (Phi) is 40.5. The van der Waals surface area contributed by atoms with E-state index in [-0.39, 0.29) is 44.6 Å². The molecule has 0 spiro atoms. The van der Waals surface area contributed by atoms with Gasteiger partial charge in [-0.15, -0.1) is 0 Å². The predicted molar refractivity (Wildman–Crippen MR) is 354 cm³/mol. The highest BCUT2D eigenvalue weighted by molar-refractivity contribution is 7.98. The minimum atomic E-state index is -2.19. The van der Waals surface area contributed by atoms with Crippen LogP contribution in [0.3, 0.4) is 0 Å². The molecule has 1 aromatic heterocycles. The smallest absolute Gasteiger partial charge is 0.322 e. The first-order valence-corrected chi connectivity index (χ1v) is 32.8. The van der Waals surface area contributed by atoms with Crippen molar-refractivity contribution in [3.05, 3.63) is 18.2 Å². The monoisotopic (exact) mass is 1470 g/mol. The maximum absolute atomic E-state index is 13.9. The van der Waals surface area contributed by atoms with Crippen molar-refractivity contribution in [3.63, 3.8) is 0 Å². The Morgan fingerprint density at radius 1 is 0.510 bits per heavy atom. The van der Waals surface area contributed by atoms with E-state index >= 15 is 0 Å². The Balaban J connectivity index is 3.31. The molecule has 1 rings (SSSR count).